The number of halogens is 3. The smallest absolute Gasteiger partial charge is 0.389 e. The Labute approximate surface area is 81.7 Å². The Morgan fingerprint density at radius 1 is 1.00 bits per heavy atom. The summed E-state index contributed by atoms with van der Waals surface area (Å²) in [5.41, 5.74) is 0. The van der Waals surface area contributed by atoms with Gasteiger partial charge in [0.05, 0.1) is 0 Å². The van der Waals surface area contributed by atoms with Gasteiger partial charge in [-0.2, -0.15) is 13.2 Å². The van der Waals surface area contributed by atoms with Gasteiger partial charge in [0.1, 0.15) is 0 Å². The van der Waals surface area contributed by atoms with Crippen LogP contribution in [0.15, 0.2) is 0 Å². The summed E-state index contributed by atoms with van der Waals surface area (Å²) in [7, 11) is 0. The lowest BCUT2D eigenvalue weighted by Gasteiger charge is -2.14. The van der Waals surface area contributed by atoms with Crippen molar-refractivity contribution in [3.8, 4) is 0 Å². The highest BCUT2D eigenvalue weighted by Gasteiger charge is 2.27. The molecule has 1 unspecified atom stereocenters. The highest BCUT2D eigenvalue weighted by Crippen LogP contribution is 2.25. The summed E-state index contributed by atoms with van der Waals surface area (Å²) in [6.07, 6.45) is -3.19. The first-order valence-corrected chi connectivity index (χ1v) is 4.78. The van der Waals surface area contributed by atoms with Crippen LogP contribution >= 0.6 is 0 Å². The van der Waals surface area contributed by atoms with Gasteiger partial charge in [0.25, 0.3) is 0 Å². The van der Waals surface area contributed by atoms with Crippen molar-refractivity contribution in [2.45, 2.75) is 38.3 Å². The van der Waals surface area contributed by atoms with Crippen molar-refractivity contribution in [3.63, 3.8) is 0 Å². The minimum absolute atomic E-state index is 0.0224. The van der Waals surface area contributed by atoms with Crippen molar-refractivity contribution in [1.29, 1.82) is 0 Å². The number of unbranched alkanes of at least 4 members (excludes halogenated alkanes) is 1. The molecule has 0 amide bonds. The predicted molar refractivity (Wildman–Crippen MR) is 46.8 cm³/mol. The molecule has 0 aliphatic carbocycles. The van der Waals surface area contributed by atoms with E-state index in [-0.39, 0.29) is 25.6 Å². The van der Waals surface area contributed by atoms with Gasteiger partial charge in [0.15, 0.2) is 0 Å². The fraction of sp³-hybridized carbons (Fsp3) is 1.00. The van der Waals surface area contributed by atoms with E-state index in [1.807, 2.05) is 0 Å². The molecule has 0 aromatic carbocycles. The van der Waals surface area contributed by atoms with E-state index >= 15 is 0 Å². The average molecular weight is 214 g/mol. The molecule has 1 atom stereocenters. The third kappa shape index (κ3) is 8.31. The van der Waals surface area contributed by atoms with E-state index in [4.69, 9.17) is 10.2 Å². The first-order valence-electron chi connectivity index (χ1n) is 4.78. The quantitative estimate of drug-likeness (QED) is 0.637. The molecule has 0 aromatic heterocycles. The van der Waals surface area contributed by atoms with Gasteiger partial charge in [0, 0.05) is 19.6 Å². The van der Waals surface area contributed by atoms with E-state index in [2.05, 4.69) is 0 Å². The summed E-state index contributed by atoms with van der Waals surface area (Å²) in [6, 6.07) is 0. The zero-order valence-corrected chi connectivity index (χ0v) is 8.06. The van der Waals surface area contributed by atoms with E-state index in [9.17, 15) is 13.2 Å². The second-order valence-electron chi connectivity index (χ2n) is 3.42. The van der Waals surface area contributed by atoms with Gasteiger partial charge in [-0.1, -0.05) is 6.42 Å². The molecule has 0 saturated carbocycles. The van der Waals surface area contributed by atoms with Crippen LogP contribution in [0.4, 0.5) is 13.2 Å². The minimum Gasteiger partial charge on any atom is -0.396 e. The Bertz CT molecular complexity index is 137. The fourth-order valence-corrected chi connectivity index (χ4v) is 1.24. The van der Waals surface area contributed by atoms with Gasteiger partial charge in [-0.15, -0.1) is 0 Å². The molecule has 0 bridgehead atoms. The SMILES string of the molecule is OCCCCC(CO)CCC(F)(F)F. The molecule has 0 aliphatic heterocycles. The number of aliphatic hydroxyl groups is 2. The van der Waals surface area contributed by atoms with E-state index in [0.717, 1.165) is 0 Å². The second-order valence-corrected chi connectivity index (χ2v) is 3.42. The van der Waals surface area contributed by atoms with Crippen LogP contribution in [0.3, 0.4) is 0 Å². The van der Waals surface area contributed by atoms with Gasteiger partial charge in [-0.05, 0) is 25.2 Å². The van der Waals surface area contributed by atoms with Crippen LogP contribution in [0, 0.1) is 5.92 Å². The molecule has 0 fully saturated rings. The van der Waals surface area contributed by atoms with Crippen molar-refractivity contribution in [1.82, 2.24) is 0 Å². The Morgan fingerprint density at radius 2 is 1.64 bits per heavy atom. The Balaban J connectivity index is 3.58. The molecular weight excluding hydrogens is 197 g/mol. The zero-order valence-electron chi connectivity index (χ0n) is 8.06. The number of hydrogen-bond donors (Lipinski definition) is 2. The first-order chi connectivity index (χ1) is 6.49. The highest BCUT2D eigenvalue weighted by molar-refractivity contribution is 4.61. The van der Waals surface area contributed by atoms with Crippen LogP contribution in [-0.4, -0.2) is 29.6 Å². The van der Waals surface area contributed by atoms with Gasteiger partial charge in [0.2, 0.25) is 0 Å². The highest BCUT2D eigenvalue weighted by atomic mass is 19.4. The van der Waals surface area contributed by atoms with Crippen LogP contribution in [-0.2, 0) is 0 Å². The third-order valence-corrected chi connectivity index (χ3v) is 2.11. The maximum atomic E-state index is 11.8. The van der Waals surface area contributed by atoms with E-state index in [1.54, 1.807) is 0 Å². The Kier molecular flexibility index (Phi) is 6.92. The molecule has 14 heavy (non-hydrogen) atoms. The second kappa shape index (κ2) is 7.06. The minimum atomic E-state index is -4.13. The molecule has 2 nitrogen and oxygen atoms in total. The van der Waals surface area contributed by atoms with Gasteiger partial charge >= 0.3 is 6.18 Å². The number of hydrogen-bond acceptors (Lipinski definition) is 2. The van der Waals surface area contributed by atoms with Crippen LogP contribution in [0.1, 0.15) is 32.1 Å². The van der Waals surface area contributed by atoms with E-state index in [1.165, 1.54) is 0 Å². The van der Waals surface area contributed by atoms with E-state index < -0.39 is 12.6 Å². The average Bonchev–Trinajstić information content (AvgIpc) is 2.09. The molecule has 0 aliphatic rings. The third-order valence-electron chi connectivity index (χ3n) is 2.11. The molecule has 0 saturated heterocycles. The van der Waals surface area contributed by atoms with Crippen molar-refractivity contribution in [2.24, 2.45) is 5.92 Å². The standard InChI is InChI=1S/C9H17F3O2/c10-9(11,12)5-4-8(7-14)3-1-2-6-13/h8,13-14H,1-7H2. The molecule has 0 spiro atoms. The monoisotopic (exact) mass is 214 g/mol. The largest absolute Gasteiger partial charge is 0.396 e. The Morgan fingerprint density at radius 3 is 2.07 bits per heavy atom. The van der Waals surface area contributed by atoms with Crippen molar-refractivity contribution >= 4 is 0 Å². The van der Waals surface area contributed by atoms with Crippen LogP contribution in [0.2, 0.25) is 0 Å². The molecule has 5 heteroatoms. The first kappa shape index (κ1) is 13.7. The number of alkyl halides is 3. The van der Waals surface area contributed by atoms with Gasteiger partial charge < -0.3 is 10.2 Å². The van der Waals surface area contributed by atoms with Crippen molar-refractivity contribution in [2.75, 3.05) is 13.2 Å². The summed E-state index contributed by atoms with van der Waals surface area (Å²) < 4.78 is 35.5. The molecule has 0 heterocycles. The lowest BCUT2D eigenvalue weighted by Crippen LogP contribution is -2.13. The topological polar surface area (TPSA) is 40.5 Å². The molecule has 0 aromatic rings. The molecule has 2 N–H and O–H groups in total. The normalized spacial score (nSPS) is 14.4. The lowest BCUT2D eigenvalue weighted by atomic mass is 9.97. The predicted octanol–water partition coefficient (Wildman–Crippen LogP) is 2.10. The summed E-state index contributed by atoms with van der Waals surface area (Å²) in [6.45, 7) is -0.154. The maximum absolute atomic E-state index is 11.8. The summed E-state index contributed by atoms with van der Waals surface area (Å²) in [4.78, 5) is 0. The lowest BCUT2D eigenvalue weighted by molar-refractivity contribution is -0.138. The Hall–Kier alpha value is -0.290. The number of rotatable bonds is 7. The van der Waals surface area contributed by atoms with Crippen LogP contribution in [0.25, 0.3) is 0 Å². The van der Waals surface area contributed by atoms with Crippen molar-refractivity contribution < 1.29 is 23.4 Å². The molecule has 86 valence electrons. The summed E-state index contributed by atoms with van der Waals surface area (Å²) in [5.74, 6) is -0.289. The molecule has 0 rings (SSSR count). The number of aliphatic hydroxyl groups excluding tert-OH is 2. The summed E-state index contributed by atoms with van der Waals surface area (Å²) >= 11 is 0. The van der Waals surface area contributed by atoms with Crippen LogP contribution in [0.5, 0.6) is 0 Å². The fourth-order valence-electron chi connectivity index (χ4n) is 1.24. The van der Waals surface area contributed by atoms with Gasteiger partial charge in [-0.3, -0.25) is 0 Å². The molecule has 0 radical (unpaired) electrons. The zero-order chi connectivity index (χ0) is 11.0. The molecular formula is C9H17F3O2. The van der Waals surface area contributed by atoms with Crippen LogP contribution < -0.4 is 0 Å². The van der Waals surface area contributed by atoms with Crippen molar-refractivity contribution in [3.05, 3.63) is 0 Å². The maximum Gasteiger partial charge on any atom is 0.389 e. The van der Waals surface area contributed by atoms with E-state index in [0.29, 0.717) is 19.3 Å². The van der Waals surface area contributed by atoms with Gasteiger partial charge in [-0.25, -0.2) is 0 Å². The summed E-state index contributed by atoms with van der Waals surface area (Å²) in [5, 5.41) is 17.3.